The fraction of sp³-hybridized carbons (Fsp3) is 0.222. The highest BCUT2D eigenvalue weighted by atomic mass is 19.1. The largest absolute Gasteiger partial charge is 0.497 e. The molecule has 3 rings (SSSR count). The van der Waals surface area contributed by atoms with Crippen LogP contribution in [0.5, 0.6) is 5.75 Å². The average molecular weight is 327 g/mol. The predicted octanol–water partition coefficient (Wildman–Crippen LogP) is 3.23. The third-order valence-corrected chi connectivity index (χ3v) is 3.76. The molecule has 1 atom stereocenters. The van der Waals surface area contributed by atoms with Gasteiger partial charge >= 0.3 is 0 Å². The lowest BCUT2D eigenvalue weighted by Gasteiger charge is -2.14. The highest BCUT2D eigenvalue weighted by molar-refractivity contribution is 5.78. The molecule has 0 fully saturated rings. The normalized spacial score (nSPS) is 12.2. The van der Waals surface area contributed by atoms with Gasteiger partial charge < -0.3 is 15.2 Å². The van der Waals surface area contributed by atoms with Gasteiger partial charge in [-0.05, 0) is 36.8 Å². The summed E-state index contributed by atoms with van der Waals surface area (Å²) in [7, 11) is 1.61. The van der Waals surface area contributed by atoms with Crippen molar-refractivity contribution in [3.05, 3.63) is 59.5 Å². The van der Waals surface area contributed by atoms with Crippen LogP contribution in [-0.4, -0.2) is 28.7 Å². The molecule has 2 N–H and O–H groups in total. The quantitative estimate of drug-likeness (QED) is 0.753. The minimum Gasteiger partial charge on any atom is -0.497 e. The Morgan fingerprint density at radius 2 is 1.88 bits per heavy atom. The summed E-state index contributed by atoms with van der Waals surface area (Å²) in [6.45, 7) is 2.10. The van der Waals surface area contributed by atoms with Crippen molar-refractivity contribution in [1.82, 2.24) is 9.97 Å². The van der Waals surface area contributed by atoms with Gasteiger partial charge in [0.1, 0.15) is 17.4 Å². The predicted molar refractivity (Wildman–Crippen MR) is 90.7 cm³/mol. The molecule has 0 aliphatic heterocycles. The summed E-state index contributed by atoms with van der Waals surface area (Å²) < 4.78 is 18.1. The monoisotopic (exact) mass is 327 g/mol. The van der Waals surface area contributed by atoms with Gasteiger partial charge in [0.2, 0.25) is 0 Å². The van der Waals surface area contributed by atoms with Gasteiger partial charge in [-0.2, -0.15) is 0 Å². The molecule has 0 spiro atoms. The number of fused-ring (bicyclic) bond motifs is 1. The van der Waals surface area contributed by atoms with Gasteiger partial charge in [0.25, 0.3) is 0 Å². The van der Waals surface area contributed by atoms with Gasteiger partial charge in [0.05, 0.1) is 29.9 Å². The average Bonchev–Trinajstić information content (AvgIpc) is 2.59. The van der Waals surface area contributed by atoms with Crippen LogP contribution in [0, 0.1) is 12.7 Å². The van der Waals surface area contributed by atoms with Crippen LogP contribution in [0.3, 0.4) is 0 Å². The Bertz CT molecular complexity index is 853. The lowest BCUT2D eigenvalue weighted by atomic mass is 10.1. The number of hydrogen-bond donors (Lipinski definition) is 2. The first-order valence-corrected chi connectivity index (χ1v) is 7.56. The molecule has 1 heterocycles. The number of anilines is 1. The fourth-order valence-electron chi connectivity index (χ4n) is 2.41. The van der Waals surface area contributed by atoms with Gasteiger partial charge in [-0.3, -0.25) is 0 Å². The molecular weight excluding hydrogens is 309 g/mol. The smallest absolute Gasteiger partial charge is 0.148 e. The summed E-state index contributed by atoms with van der Waals surface area (Å²) in [5.74, 6) is 1.00. The van der Waals surface area contributed by atoms with Crippen LogP contribution < -0.4 is 10.1 Å². The van der Waals surface area contributed by atoms with Crippen molar-refractivity contribution in [3.63, 3.8) is 0 Å². The molecule has 5 nitrogen and oxygen atoms in total. The van der Waals surface area contributed by atoms with Gasteiger partial charge in [-0.1, -0.05) is 12.1 Å². The molecule has 0 saturated carbocycles. The third kappa shape index (κ3) is 3.44. The number of rotatable bonds is 5. The molecule has 0 aliphatic rings. The third-order valence-electron chi connectivity index (χ3n) is 3.76. The van der Waals surface area contributed by atoms with Crippen molar-refractivity contribution in [2.24, 2.45) is 0 Å². The molecule has 124 valence electrons. The zero-order valence-electron chi connectivity index (χ0n) is 13.5. The Balaban J connectivity index is 1.77. The van der Waals surface area contributed by atoms with Crippen LogP contribution in [0.15, 0.2) is 42.5 Å². The summed E-state index contributed by atoms with van der Waals surface area (Å²) >= 11 is 0. The molecule has 6 heteroatoms. The highest BCUT2D eigenvalue weighted by Gasteiger charge is 2.10. The number of ether oxygens (including phenoxy) is 1. The number of aliphatic hydroxyl groups excluding tert-OH is 1. The first kappa shape index (κ1) is 16.1. The number of methoxy groups -OCH3 is 1. The minimum atomic E-state index is -0.765. The number of aryl methyl sites for hydroxylation is 1. The zero-order chi connectivity index (χ0) is 17.1. The van der Waals surface area contributed by atoms with E-state index in [9.17, 15) is 9.50 Å². The summed E-state index contributed by atoms with van der Waals surface area (Å²) in [6, 6.07) is 11.3. The number of hydrogen-bond acceptors (Lipinski definition) is 5. The van der Waals surface area contributed by atoms with E-state index in [-0.39, 0.29) is 12.4 Å². The lowest BCUT2D eigenvalue weighted by Crippen LogP contribution is -2.14. The van der Waals surface area contributed by atoms with Gasteiger partial charge in [-0.15, -0.1) is 0 Å². The summed E-state index contributed by atoms with van der Waals surface area (Å²) in [5.41, 5.74) is 2.85. The Kier molecular flexibility index (Phi) is 4.57. The summed E-state index contributed by atoms with van der Waals surface area (Å²) in [6.07, 6.45) is -0.765. The molecule has 0 saturated heterocycles. The van der Waals surface area contributed by atoms with Gasteiger partial charge in [0.15, 0.2) is 0 Å². The molecule has 1 unspecified atom stereocenters. The number of nitrogens with one attached hydrogen (secondary N) is 1. The molecule has 0 bridgehead atoms. The Morgan fingerprint density at radius 1 is 1.12 bits per heavy atom. The second-order valence-corrected chi connectivity index (χ2v) is 5.46. The molecule has 0 aliphatic carbocycles. The van der Waals surface area contributed by atoms with E-state index in [1.54, 1.807) is 19.2 Å². The SMILES string of the molecule is COc1ccc2nc(NCC(O)c3ccc(F)cc3)c(C)nc2c1. The maximum Gasteiger partial charge on any atom is 0.148 e. The number of nitrogens with zero attached hydrogens (tertiary/aromatic N) is 2. The second-order valence-electron chi connectivity index (χ2n) is 5.46. The topological polar surface area (TPSA) is 67.3 Å². The van der Waals surface area contributed by atoms with E-state index < -0.39 is 6.10 Å². The number of halogens is 1. The molecule has 24 heavy (non-hydrogen) atoms. The summed E-state index contributed by atoms with van der Waals surface area (Å²) in [4.78, 5) is 9.04. The second kappa shape index (κ2) is 6.80. The van der Waals surface area contributed by atoms with E-state index in [0.29, 0.717) is 11.4 Å². The van der Waals surface area contributed by atoms with Gasteiger partial charge in [0, 0.05) is 12.6 Å². The van der Waals surface area contributed by atoms with Gasteiger partial charge in [-0.25, -0.2) is 14.4 Å². The Morgan fingerprint density at radius 3 is 2.58 bits per heavy atom. The van der Waals surface area contributed by atoms with Crippen LogP contribution in [0.1, 0.15) is 17.4 Å². The Hall–Kier alpha value is -2.73. The number of aliphatic hydroxyl groups is 1. The van der Waals surface area contributed by atoms with E-state index in [1.807, 2.05) is 25.1 Å². The van der Waals surface area contributed by atoms with E-state index in [0.717, 1.165) is 22.5 Å². The first-order valence-electron chi connectivity index (χ1n) is 7.56. The molecular formula is C18H18FN3O2. The maximum atomic E-state index is 12.9. The maximum absolute atomic E-state index is 12.9. The van der Waals surface area contributed by atoms with Crippen molar-refractivity contribution < 1.29 is 14.2 Å². The van der Waals surface area contributed by atoms with Crippen molar-refractivity contribution >= 4 is 16.9 Å². The van der Waals surface area contributed by atoms with E-state index in [1.165, 1.54) is 12.1 Å². The molecule has 1 aromatic heterocycles. The van der Waals surface area contributed by atoms with Crippen molar-refractivity contribution in [3.8, 4) is 5.75 Å². The van der Waals surface area contributed by atoms with E-state index >= 15 is 0 Å². The van der Waals surface area contributed by atoms with E-state index in [2.05, 4.69) is 15.3 Å². The zero-order valence-corrected chi connectivity index (χ0v) is 13.5. The van der Waals surface area contributed by atoms with Crippen molar-refractivity contribution in [1.29, 1.82) is 0 Å². The van der Waals surface area contributed by atoms with Crippen LogP contribution in [-0.2, 0) is 0 Å². The molecule has 0 radical (unpaired) electrons. The number of aromatic nitrogens is 2. The van der Waals surface area contributed by atoms with Crippen LogP contribution in [0.2, 0.25) is 0 Å². The van der Waals surface area contributed by atoms with Crippen molar-refractivity contribution in [2.45, 2.75) is 13.0 Å². The molecule has 2 aromatic carbocycles. The molecule has 0 amide bonds. The fourth-order valence-corrected chi connectivity index (χ4v) is 2.41. The molecule has 3 aromatic rings. The van der Waals surface area contributed by atoms with Crippen molar-refractivity contribution in [2.75, 3.05) is 19.0 Å². The van der Waals surface area contributed by atoms with E-state index in [4.69, 9.17) is 4.74 Å². The van der Waals surface area contributed by atoms with Crippen LogP contribution in [0.4, 0.5) is 10.2 Å². The first-order chi connectivity index (χ1) is 11.6. The minimum absolute atomic E-state index is 0.253. The standard InChI is InChI=1S/C18H18FN3O2/c1-11-18(20-10-17(23)12-3-5-13(19)6-4-12)22-15-8-7-14(24-2)9-16(15)21-11/h3-9,17,23H,10H2,1-2H3,(H,20,22). The highest BCUT2D eigenvalue weighted by Crippen LogP contribution is 2.22. The van der Waals surface area contributed by atoms with Crippen LogP contribution in [0.25, 0.3) is 11.0 Å². The Labute approximate surface area is 139 Å². The van der Waals surface area contributed by atoms with Crippen LogP contribution >= 0.6 is 0 Å². The number of benzene rings is 2. The summed E-state index contributed by atoms with van der Waals surface area (Å²) in [5, 5.41) is 13.3. The lowest BCUT2D eigenvalue weighted by molar-refractivity contribution is 0.191.